The normalized spacial score (nSPS) is 10.3. The number of methoxy groups -OCH3 is 3. The Balaban J connectivity index is 2.24. The van der Waals surface area contributed by atoms with E-state index >= 15 is 0 Å². The summed E-state index contributed by atoms with van der Waals surface area (Å²) in [5.74, 6) is -2.03. The van der Waals surface area contributed by atoms with Crippen LogP contribution in [-0.4, -0.2) is 39.2 Å². The number of nitrogens with two attached hydrogens (primary N) is 1. The van der Waals surface area contributed by atoms with Gasteiger partial charge in [0.2, 0.25) is 0 Å². The molecule has 27 heavy (non-hydrogen) atoms. The number of benzene rings is 1. The minimum absolute atomic E-state index is 0.00820. The van der Waals surface area contributed by atoms with Crippen LogP contribution in [0.4, 0.5) is 5.00 Å². The fourth-order valence-corrected chi connectivity index (χ4v) is 3.31. The lowest BCUT2D eigenvalue weighted by Gasteiger charge is -2.08. The molecule has 0 aliphatic rings. The van der Waals surface area contributed by atoms with Crippen LogP contribution < -0.4 is 5.73 Å². The molecule has 9 heteroatoms. The molecule has 144 valence electrons. The molecule has 0 aliphatic carbocycles. The number of nitrogen functional groups attached to an aromatic ring is 1. The van der Waals surface area contributed by atoms with Crippen molar-refractivity contribution in [2.24, 2.45) is 0 Å². The predicted molar refractivity (Wildman–Crippen MR) is 97.7 cm³/mol. The van der Waals surface area contributed by atoms with E-state index in [4.69, 9.17) is 24.7 Å². The summed E-state index contributed by atoms with van der Waals surface area (Å²) in [6, 6.07) is 6.67. The molecule has 2 aromatic rings. The van der Waals surface area contributed by atoms with E-state index in [0.717, 1.165) is 16.9 Å². The van der Waals surface area contributed by atoms with Gasteiger partial charge in [-0.15, -0.1) is 11.3 Å². The van der Waals surface area contributed by atoms with E-state index in [1.54, 1.807) is 31.4 Å². The molecule has 1 aromatic heterocycles. The fourth-order valence-electron chi connectivity index (χ4n) is 2.33. The maximum Gasteiger partial charge on any atom is 0.348 e. The molecular weight excluding hydrogens is 374 g/mol. The minimum atomic E-state index is -0.728. The maximum absolute atomic E-state index is 12.3. The van der Waals surface area contributed by atoms with Crippen LogP contribution >= 0.6 is 11.3 Å². The molecule has 0 saturated carbocycles. The smallest absolute Gasteiger partial charge is 0.348 e. The predicted octanol–water partition coefficient (Wildman–Crippen LogP) is 2.41. The lowest BCUT2D eigenvalue weighted by Crippen LogP contribution is -2.12. The van der Waals surface area contributed by atoms with Crippen LogP contribution in [0.5, 0.6) is 0 Å². The summed E-state index contributed by atoms with van der Waals surface area (Å²) >= 11 is 0.869. The van der Waals surface area contributed by atoms with E-state index in [1.165, 1.54) is 14.2 Å². The van der Waals surface area contributed by atoms with Crippen LogP contribution in [-0.2, 0) is 32.2 Å². The summed E-state index contributed by atoms with van der Waals surface area (Å²) in [4.78, 5) is 36.3. The van der Waals surface area contributed by atoms with Gasteiger partial charge in [-0.1, -0.05) is 12.1 Å². The van der Waals surface area contributed by atoms with Gasteiger partial charge in [0.05, 0.1) is 26.4 Å². The van der Waals surface area contributed by atoms with Gasteiger partial charge in [-0.2, -0.15) is 0 Å². The average Bonchev–Trinajstić information content (AvgIpc) is 3.01. The van der Waals surface area contributed by atoms with E-state index in [1.807, 2.05) is 0 Å². The number of anilines is 1. The molecular formula is C18H19NO7S. The zero-order chi connectivity index (χ0) is 20.0. The third kappa shape index (κ3) is 4.63. The fraction of sp³-hybridized carbons (Fsp3) is 0.278. The van der Waals surface area contributed by atoms with Gasteiger partial charge in [-0.3, -0.25) is 0 Å². The molecule has 2 N–H and O–H groups in total. The number of carbonyl (C=O) groups is 3. The molecule has 1 heterocycles. The number of carbonyl (C=O) groups excluding carboxylic acids is 3. The number of hydrogen-bond acceptors (Lipinski definition) is 9. The summed E-state index contributed by atoms with van der Waals surface area (Å²) in [6.45, 7) is 0.0930. The molecule has 0 amide bonds. The Labute approximate surface area is 159 Å². The second-order valence-electron chi connectivity index (χ2n) is 5.34. The SMILES string of the molecule is COCc1ccc(C(=O)OCc2c(C(=O)OC)sc(N)c2C(=O)OC)cc1. The number of thiophene rings is 1. The Morgan fingerprint density at radius 1 is 0.926 bits per heavy atom. The monoisotopic (exact) mass is 393 g/mol. The Hall–Kier alpha value is -2.91. The van der Waals surface area contributed by atoms with Gasteiger partial charge < -0.3 is 24.7 Å². The van der Waals surface area contributed by atoms with E-state index in [0.29, 0.717) is 12.2 Å². The molecule has 8 nitrogen and oxygen atoms in total. The molecule has 0 bridgehead atoms. The number of rotatable bonds is 7. The third-order valence-electron chi connectivity index (χ3n) is 3.64. The topological polar surface area (TPSA) is 114 Å². The molecule has 2 rings (SSSR count). The Morgan fingerprint density at radius 2 is 1.56 bits per heavy atom. The molecule has 0 aliphatic heterocycles. The van der Waals surface area contributed by atoms with Gasteiger partial charge in [0.15, 0.2) is 0 Å². The lowest BCUT2D eigenvalue weighted by molar-refractivity contribution is 0.0452. The van der Waals surface area contributed by atoms with E-state index < -0.39 is 17.9 Å². The molecule has 0 saturated heterocycles. The summed E-state index contributed by atoms with van der Waals surface area (Å²) in [6.07, 6.45) is 0. The summed E-state index contributed by atoms with van der Waals surface area (Å²) in [5, 5.41) is 0.0808. The number of hydrogen-bond donors (Lipinski definition) is 1. The first kappa shape index (κ1) is 20.4. The van der Waals surface area contributed by atoms with Crippen LogP contribution in [0.1, 0.15) is 41.5 Å². The first-order valence-electron chi connectivity index (χ1n) is 7.75. The standard InChI is InChI=1S/C18H19NO7S/c1-23-8-10-4-6-11(7-5-10)16(20)26-9-12-13(17(21)24-2)15(19)27-14(12)18(22)25-3/h4-7H,8-9,19H2,1-3H3. The van der Waals surface area contributed by atoms with Crippen molar-refractivity contribution in [2.75, 3.05) is 27.1 Å². The average molecular weight is 393 g/mol. The van der Waals surface area contributed by atoms with Crippen molar-refractivity contribution in [3.8, 4) is 0 Å². The Morgan fingerprint density at radius 3 is 2.11 bits per heavy atom. The first-order valence-corrected chi connectivity index (χ1v) is 8.57. The van der Waals surface area contributed by atoms with Crippen molar-refractivity contribution >= 4 is 34.2 Å². The van der Waals surface area contributed by atoms with E-state index in [9.17, 15) is 14.4 Å². The summed E-state index contributed by atoms with van der Waals surface area (Å²) < 4.78 is 19.7. The van der Waals surface area contributed by atoms with E-state index in [2.05, 4.69) is 0 Å². The van der Waals surface area contributed by atoms with Crippen molar-refractivity contribution < 1.29 is 33.3 Å². The highest BCUT2D eigenvalue weighted by Gasteiger charge is 2.28. The first-order chi connectivity index (χ1) is 12.9. The van der Waals surface area contributed by atoms with Crippen molar-refractivity contribution in [3.63, 3.8) is 0 Å². The van der Waals surface area contributed by atoms with Crippen LogP contribution in [0, 0.1) is 0 Å². The van der Waals surface area contributed by atoms with Crippen LogP contribution in [0.25, 0.3) is 0 Å². The van der Waals surface area contributed by atoms with Crippen LogP contribution in [0.2, 0.25) is 0 Å². The highest BCUT2D eigenvalue weighted by atomic mass is 32.1. The largest absolute Gasteiger partial charge is 0.465 e. The lowest BCUT2D eigenvalue weighted by atomic mass is 10.1. The summed E-state index contributed by atoms with van der Waals surface area (Å²) in [5.41, 5.74) is 7.20. The minimum Gasteiger partial charge on any atom is -0.465 e. The van der Waals surface area contributed by atoms with Crippen molar-refractivity contribution in [2.45, 2.75) is 13.2 Å². The van der Waals surface area contributed by atoms with Gasteiger partial charge in [0, 0.05) is 12.7 Å². The zero-order valence-electron chi connectivity index (χ0n) is 15.1. The van der Waals surface area contributed by atoms with Gasteiger partial charge in [0.1, 0.15) is 22.0 Å². The quantitative estimate of drug-likeness (QED) is 0.563. The van der Waals surface area contributed by atoms with Gasteiger partial charge >= 0.3 is 17.9 Å². The van der Waals surface area contributed by atoms with Gasteiger partial charge in [0.25, 0.3) is 0 Å². The molecule has 0 spiro atoms. The number of ether oxygens (including phenoxy) is 4. The van der Waals surface area contributed by atoms with E-state index in [-0.39, 0.29) is 27.6 Å². The van der Waals surface area contributed by atoms with Crippen molar-refractivity contribution in [3.05, 3.63) is 51.4 Å². The highest BCUT2D eigenvalue weighted by Crippen LogP contribution is 2.33. The highest BCUT2D eigenvalue weighted by molar-refractivity contribution is 7.18. The Kier molecular flexibility index (Phi) is 6.91. The van der Waals surface area contributed by atoms with Crippen molar-refractivity contribution in [1.82, 2.24) is 0 Å². The molecule has 0 unspecified atom stereocenters. The van der Waals surface area contributed by atoms with Gasteiger partial charge in [-0.05, 0) is 17.7 Å². The van der Waals surface area contributed by atoms with Crippen molar-refractivity contribution in [1.29, 1.82) is 0 Å². The second-order valence-corrected chi connectivity index (χ2v) is 6.39. The van der Waals surface area contributed by atoms with Gasteiger partial charge in [-0.25, -0.2) is 14.4 Å². The van der Waals surface area contributed by atoms with Crippen LogP contribution in [0.3, 0.4) is 0 Å². The molecule has 1 aromatic carbocycles. The number of esters is 3. The molecule has 0 atom stereocenters. The van der Waals surface area contributed by atoms with Crippen LogP contribution in [0.15, 0.2) is 24.3 Å². The third-order valence-corrected chi connectivity index (χ3v) is 4.68. The second kappa shape index (κ2) is 9.15. The zero-order valence-corrected chi connectivity index (χ0v) is 15.9. The maximum atomic E-state index is 12.3. The molecule has 0 radical (unpaired) electrons. The summed E-state index contributed by atoms with van der Waals surface area (Å²) in [7, 11) is 3.97. The Bertz CT molecular complexity index is 842. The molecule has 0 fully saturated rings.